The number of anilines is 3. The van der Waals surface area contributed by atoms with Crippen LogP contribution >= 0.6 is 27.3 Å². The van der Waals surface area contributed by atoms with Gasteiger partial charge in [-0.1, -0.05) is 58.4 Å². The molecule has 0 fully saturated rings. The minimum Gasteiger partial charge on any atom is -0.308 e. The Bertz CT molecular complexity index is 1200. The van der Waals surface area contributed by atoms with Gasteiger partial charge in [0.05, 0.1) is 11.4 Å². The number of halogens is 1. The van der Waals surface area contributed by atoms with Gasteiger partial charge in [0.15, 0.2) is 0 Å². The standard InChI is InChI=1S/C23H14BrNS/c24-19-11-12-20-18-10-9-16(23(18)19)14-5-7-15(8-6-14)25(20)21-13-26-22-4-2-1-3-17(21)22/h1-13,16H. The summed E-state index contributed by atoms with van der Waals surface area (Å²) in [5.41, 5.74) is 7.75. The van der Waals surface area contributed by atoms with Crippen molar-refractivity contribution in [3.63, 3.8) is 0 Å². The predicted molar refractivity (Wildman–Crippen MR) is 115 cm³/mol. The fourth-order valence-electron chi connectivity index (χ4n) is 4.23. The molecule has 1 unspecified atom stereocenters. The average Bonchev–Trinajstić information content (AvgIpc) is 3.31. The maximum atomic E-state index is 3.80. The van der Waals surface area contributed by atoms with E-state index >= 15 is 0 Å². The third-order valence-corrected chi connectivity index (χ3v) is 7.07. The SMILES string of the molecule is Brc1ccc2c3c1C(C=C3)c1ccc(cc1)N2c1csc2ccccc12. The molecule has 2 aliphatic heterocycles. The monoisotopic (exact) mass is 415 g/mol. The van der Waals surface area contributed by atoms with Crippen molar-refractivity contribution < 1.29 is 0 Å². The number of thiophene rings is 1. The van der Waals surface area contributed by atoms with Crippen molar-refractivity contribution in [2.75, 3.05) is 4.90 Å². The quantitative estimate of drug-likeness (QED) is 0.309. The highest BCUT2D eigenvalue weighted by atomic mass is 79.9. The number of hydrogen-bond donors (Lipinski definition) is 0. The Kier molecular flexibility index (Phi) is 3.02. The molecule has 1 aromatic heterocycles. The molecule has 26 heavy (non-hydrogen) atoms. The first-order chi connectivity index (χ1) is 12.8. The number of nitrogens with zero attached hydrogens (tertiary/aromatic N) is 1. The maximum absolute atomic E-state index is 3.80. The van der Waals surface area contributed by atoms with Crippen molar-refractivity contribution in [3.05, 3.63) is 93.3 Å². The van der Waals surface area contributed by atoms with Gasteiger partial charge in [0.1, 0.15) is 0 Å². The van der Waals surface area contributed by atoms with Crippen molar-refractivity contribution in [2.24, 2.45) is 0 Å². The average molecular weight is 416 g/mol. The van der Waals surface area contributed by atoms with E-state index in [4.69, 9.17) is 0 Å². The van der Waals surface area contributed by atoms with E-state index in [0.717, 1.165) is 0 Å². The first-order valence-corrected chi connectivity index (χ1v) is 10.4. The Labute approximate surface area is 164 Å². The van der Waals surface area contributed by atoms with E-state index in [1.807, 2.05) is 0 Å². The predicted octanol–water partition coefficient (Wildman–Crippen LogP) is 7.61. The number of hydrogen-bond acceptors (Lipinski definition) is 2. The van der Waals surface area contributed by atoms with Gasteiger partial charge in [0.25, 0.3) is 0 Å². The summed E-state index contributed by atoms with van der Waals surface area (Å²) in [7, 11) is 0. The topological polar surface area (TPSA) is 3.24 Å². The Morgan fingerprint density at radius 3 is 2.62 bits per heavy atom. The summed E-state index contributed by atoms with van der Waals surface area (Å²) in [5, 5.41) is 3.58. The molecular weight excluding hydrogens is 402 g/mol. The fourth-order valence-corrected chi connectivity index (χ4v) is 5.75. The lowest BCUT2D eigenvalue weighted by molar-refractivity contribution is 1.04. The molecule has 4 aromatic rings. The Balaban J connectivity index is 1.73. The zero-order valence-corrected chi connectivity index (χ0v) is 16.2. The van der Waals surface area contributed by atoms with Gasteiger partial charge in [0.2, 0.25) is 0 Å². The minimum atomic E-state index is 0.326. The second-order valence-electron chi connectivity index (χ2n) is 6.77. The number of benzene rings is 3. The second kappa shape index (κ2) is 5.32. The molecule has 0 amide bonds. The van der Waals surface area contributed by atoms with Crippen molar-refractivity contribution in [3.8, 4) is 0 Å². The summed E-state index contributed by atoms with van der Waals surface area (Å²) >= 11 is 5.60. The van der Waals surface area contributed by atoms with Gasteiger partial charge < -0.3 is 4.90 Å². The molecular formula is C23H14BrNS. The number of fused-ring (bicyclic) bond motifs is 3. The summed E-state index contributed by atoms with van der Waals surface area (Å²) in [4.78, 5) is 2.41. The van der Waals surface area contributed by atoms with Crippen LogP contribution in [0.4, 0.5) is 17.1 Å². The van der Waals surface area contributed by atoms with Crippen molar-refractivity contribution in [1.29, 1.82) is 0 Å². The normalized spacial score (nSPS) is 16.8. The van der Waals surface area contributed by atoms with Crippen LogP contribution in [0.25, 0.3) is 16.2 Å². The molecule has 6 bridgehead atoms. The molecule has 3 heterocycles. The minimum absolute atomic E-state index is 0.326. The Morgan fingerprint density at radius 1 is 0.885 bits per heavy atom. The largest absolute Gasteiger partial charge is 0.308 e. The molecule has 0 saturated heterocycles. The smallest absolute Gasteiger partial charge is 0.0647 e. The van der Waals surface area contributed by atoms with Crippen LogP contribution in [0.3, 0.4) is 0 Å². The molecule has 3 heteroatoms. The highest BCUT2D eigenvalue weighted by molar-refractivity contribution is 9.10. The first kappa shape index (κ1) is 14.8. The van der Waals surface area contributed by atoms with Crippen LogP contribution in [0, 0.1) is 0 Å². The summed E-state index contributed by atoms with van der Waals surface area (Å²) in [6.07, 6.45) is 4.61. The zero-order valence-electron chi connectivity index (χ0n) is 13.8. The Hall–Kier alpha value is -2.36. The zero-order chi connectivity index (χ0) is 17.3. The van der Waals surface area contributed by atoms with Gasteiger partial charge in [-0.3, -0.25) is 0 Å². The van der Waals surface area contributed by atoms with E-state index < -0.39 is 0 Å². The van der Waals surface area contributed by atoms with Gasteiger partial charge in [0, 0.05) is 37.1 Å². The fraction of sp³-hybridized carbons (Fsp3) is 0.0435. The van der Waals surface area contributed by atoms with Crippen LogP contribution < -0.4 is 4.90 Å². The van der Waals surface area contributed by atoms with E-state index in [1.165, 1.54) is 48.3 Å². The molecule has 1 atom stereocenters. The summed E-state index contributed by atoms with van der Waals surface area (Å²) in [6, 6.07) is 22.1. The number of rotatable bonds is 1. The lowest BCUT2D eigenvalue weighted by Gasteiger charge is -2.26. The highest BCUT2D eigenvalue weighted by Crippen LogP contribution is 2.50. The van der Waals surface area contributed by atoms with Crippen LogP contribution in [-0.4, -0.2) is 0 Å². The lowest BCUT2D eigenvalue weighted by atomic mass is 9.93. The molecule has 0 spiro atoms. The van der Waals surface area contributed by atoms with Gasteiger partial charge >= 0.3 is 0 Å². The third-order valence-electron chi connectivity index (χ3n) is 5.43. The summed E-state index contributed by atoms with van der Waals surface area (Å²) in [5.74, 6) is 0.326. The summed E-state index contributed by atoms with van der Waals surface area (Å²) < 4.78 is 2.51. The van der Waals surface area contributed by atoms with Crippen molar-refractivity contribution >= 4 is 60.5 Å². The number of allylic oxidation sites excluding steroid dienone is 1. The van der Waals surface area contributed by atoms with Crippen LogP contribution in [-0.2, 0) is 0 Å². The van der Waals surface area contributed by atoms with Crippen LogP contribution in [0.5, 0.6) is 0 Å². The molecule has 3 aromatic carbocycles. The summed E-state index contributed by atoms with van der Waals surface area (Å²) in [6.45, 7) is 0. The molecule has 3 aliphatic rings. The van der Waals surface area contributed by atoms with Crippen molar-refractivity contribution in [1.82, 2.24) is 0 Å². The van der Waals surface area contributed by atoms with Gasteiger partial charge in [-0.25, -0.2) is 0 Å². The molecule has 1 nitrogen and oxygen atoms in total. The van der Waals surface area contributed by atoms with E-state index in [9.17, 15) is 0 Å². The maximum Gasteiger partial charge on any atom is 0.0647 e. The first-order valence-electron chi connectivity index (χ1n) is 8.68. The molecule has 7 rings (SSSR count). The van der Waals surface area contributed by atoms with E-state index in [-0.39, 0.29) is 0 Å². The van der Waals surface area contributed by atoms with E-state index in [0.29, 0.717) is 5.92 Å². The van der Waals surface area contributed by atoms with Crippen LogP contribution in [0.2, 0.25) is 0 Å². The molecule has 0 N–H and O–H groups in total. The van der Waals surface area contributed by atoms with E-state index in [1.54, 1.807) is 11.3 Å². The Morgan fingerprint density at radius 2 is 1.73 bits per heavy atom. The molecule has 0 saturated carbocycles. The van der Waals surface area contributed by atoms with Gasteiger partial charge in [-0.05, 0) is 41.5 Å². The van der Waals surface area contributed by atoms with Crippen LogP contribution in [0.15, 0.2) is 76.6 Å². The highest BCUT2D eigenvalue weighted by Gasteiger charge is 2.29. The second-order valence-corrected chi connectivity index (χ2v) is 8.54. The lowest BCUT2D eigenvalue weighted by Crippen LogP contribution is -2.10. The van der Waals surface area contributed by atoms with Gasteiger partial charge in [-0.15, -0.1) is 11.3 Å². The van der Waals surface area contributed by atoms with Crippen molar-refractivity contribution in [2.45, 2.75) is 5.92 Å². The van der Waals surface area contributed by atoms with E-state index in [2.05, 4.69) is 99.0 Å². The molecule has 0 radical (unpaired) electrons. The van der Waals surface area contributed by atoms with Crippen LogP contribution in [0.1, 0.15) is 22.6 Å². The van der Waals surface area contributed by atoms with Gasteiger partial charge in [-0.2, -0.15) is 0 Å². The molecule has 1 aliphatic carbocycles. The third kappa shape index (κ3) is 1.90. The molecule has 124 valence electrons.